The normalized spacial score (nSPS) is 11.7. The van der Waals surface area contributed by atoms with Crippen LogP contribution in [0.1, 0.15) is 39.2 Å². The van der Waals surface area contributed by atoms with Gasteiger partial charge in [0.1, 0.15) is 0 Å². The molecule has 0 atom stereocenters. The highest BCUT2D eigenvalue weighted by Crippen LogP contribution is 2.19. The molecule has 2 rings (SSSR count). The standard InChI is InChI=1S/C18H24N2/c1-5-6-7-11-20-12-10-16-13-15(8-9-17(16)20)14-19-18(2,3)4/h1,8-10,12-13,19H,6-7,11,14H2,2-4H3. The van der Waals surface area contributed by atoms with E-state index in [9.17, 15) is 0 Å². The lowest BCUT2D eigenvalue weighted by Gasteiger charge is -2.20. The van der Waals surface area contributed by atoms with Gasteiger partial charge in [-0.3, -0.25) is 0 Å². The smallest absolute Gasteiger partial charge is 0.0480 e. The minimum atomic E-state index is 0.149. The van der Waals surface area contributed by atoms with E-state index in [1.165, 1.54) is 16.5 Å². The second-order valence-corrected chi connectivity index (χ2v) is 6.31. The fourth-order valence-corrected chi connectivity index (χ4v) is 2.27. The van der Waals surface area contributed by atoms with Gasteiger partial charge in [0.25, 0.3) is 0 Å². The number of aromatic nitrogens is 1. The molecule has 0 aliphatic heterocycles. The summed E-state index contributed by atoms with van der Waals surface area (Å²) in [6, 6.07) is 8.88. The van der Waals surface area contributed by atoms with Gasteiger partial charge in [0.15, 0.2) is 0 Å². The Kier molecular flexibility index (Phi) is 4.52. The number of terminal acetylenes is 1. The monoisotopic (exact) mass is 268 g/mol. The Bertz CT molecular complexity index is 608. The quantitative estimate of drug-likeness (QED) is 0.642. The molecule has 1 aromatic carbocycles. The van der Waals surface area contributed by atoms with Gasteiger partial charge in [-0.1, -0.05) is 6.07 Å². The first-order valence-electron chi connectivity index (χ1n) is 7.26. The summed E-state index contributed by atoms with van der Waals surface area (Å²) < 4.78 is 2.29. The number of hydrogen-bond acceptors (Lipinski definition) is 1. The molecule has 2 nitrogen and oxygen atoms in total. The van der Waals surface area contributed by atoms with Crippen LogP contribution in [0.5, 0.6) is 0 Å². The first-order chi connectivity index (χ1) is 9.49. The van der Waals surface area contributed by atoms with Crippen LogP contribution >= 0.6 is 0 Å². The molecule has 106 valence electrons. The van der Waals surface area contributed by atoms with E-state index in [1.54, 1.807) is 0 Å². The molecule has 0 aliphatic rings. The summed E-state index contributed by atoms with van der Waals surface area (Å²) >= 11 is 0. The number of unbranched alkanes of at least 4 members (excludes halogenated alkanes) is 1. The van der Waals surface area contributed by atoms with Crippen molar-refractivity contribution in [3.8, 4) is 12.3 Å². The molecule has 0 saturated carbocycles. The highest BCUT2D eigenvalue weighted by Gasteiger charge is 2.09. The third-order valence-corrected chi connectivity index (χ3v) is 3.38. The van der Waals surface area contributed by atoms with Gasteiger partial charge in [0, 0.05) is 36.8 Å². The SMILES string of the molecule is C#CCCCn1ccc2cc(CNC(C)(C)C)ccc21. The van der Waals surface area contributed by atoms with Crippen LogP contribution in [0.2, 0.25) is 0 Å². The summed E-state index contributed by atoms with van der Waals surface area (Å²) in [7, 11) is 0. The Labute approximate surface area is 122 Å². The Balaban J connectivity index is 2.10. The lowest BCUT2D eigenvalue weighted by molar-refractivity contribution is 0.424. The van der Waals surface area contributed by atoms with E-state index in [4.69, 9.17) is 6.42 Å². The number of rotatable bonds is 5. The molecule has 0 unspecified atom stereocenters. The van der Waals surface area contributed by atoms with E-state index in [2.05, 4.69) is 67.0 Å². The second kappa shape index (κ2) is 6.15. The molecule has 1 aromatic heterocycles. The summed E-state index contributed by atoms with van der Waals surface area (Å²) in [5.74, 6) is 2.70. The number of fused-ring (bicyclic) bond motifs is 1. The van der Waals surface area contributed by atoms with Crippen molar-refractivity contribution >= 4 is 10.9 Å². The van der Waals surface area contributed by atoms with Gasteiger partial charge >= 0.3 is 0 Å². The van der Waals surface area contributed by atoms with Crippen molar-refractivity contribution in [2.45, 2.75) is 52.2 Å². The predicted octanol–water partition coefficient (Wildman–Crippen LogP) is 3.94. The van der Waals surface area contributed by atoms with E-state index in [-0.39, 0.29) is 5.54 Å². The van der Waals surface area contributed by atoms with Crippen molar-refractivity contribution in [1.29, 1.82) is 0 Å². The highest BCUT2D eigenvalue weighted by molar-refractivity contribution is 5.80. The van der Waals surface area contributed by atoms with Crippen LogP contribution in [-0.2, 0) is 13.1 Å². The zero-order valence-electron chi connectivity index (χ0n) is 12.7. The Hall–Kier alpha value is -1.72. The molecule has 1 heterocycles. The highest BCUT2D eigenvalue weighted by atomic mass is 15.0. The first kappa shape index (κ1) is 14.7. The minimum Gasteiger partial charge on any atom is -0.347 e. The van der Waals surface area contributed by atoms with E-state index in [0.717, 1.165) is 25.9 Å². The fourth-order valence-electron chi connectivity index (χ4n) is 2.27. The number of nitrogens with one attached hydrogen (secondary N) is 1. The molecule has 0 bridgehead atoms. The maximum absolute atomic E-state index is 5.30. The van der Waals surface area contributed by atoms with E-state index in [0.29, 0.717) is 0 Å². The lowest BCUT2D eigenvalue weighted by Crippen LogP contribution is -2.35. The van der Waals surface area contributed by atoms with Crippen molar-refractivity contribution < 1.29 is 0 Å². The van der Waals surface area contributed by atoms with Crippen molar-refractivity contribution in [1.82, 2.24) is 9.88 Å². The molecule has 0 spiro atoms. The molecule has 0 amide bonds. The van der Waals surface area contributed by atoms with Crippen LogP contribution in [0.4, 0.5) is 0 Å². The molecule has 0 saturated heterocycles. The average molecular weight is 268 g/mol. The fraction of sp³-hybridized carbons (Fsp3) is 0.444. The van der Waals surface area contributed by atoms with Crippen LogP contribution in [-0.4, -0.2) is 10.1 Å². The van der Waals surface area contributed by atoms with Crippen LogP contribution in [0, 0.1) is 12.3 Å². The lowest BCUT2D eigenvalue weighted by atomic mass is 10.1. The van der Waals surface area contributed by atoms with Crippen LogP contribution in [0.25, 0.3) is 10.9 Å². The van der Waals surface area contributed by atoms with E-state index in [1.807, 2.05) is 0 Å². The van der Waals surface area contributed by atoms with Gasteiger partial charge in [0.05, 0.1) is 0 Å². The zero-order chi connectivity index (χ0) is 14.6. The van der Waals surface area contributed by atoms with Gasteiger partial charge in [0.2, 0.25) is 0 Å². The molecule has 2 heteroatoms. The summed E-state index contributed by atoms with van der Waals surface area (Å²) in [5.41, 5.74) is 2.77. The van der Waals surface area contributed by atoms with Gasteiger partial charge in [-0.2, -0.15) is 0 Å². The largest absolute Gasteiger partial charge is 0.347 e. The van der Waals surface area contributed by atoms with Gasteiger partial charge in [-0.25, -0.2) is 0 Å². The molecule has 20 heavy (non-hydrogen) atoms. The maximum Gasteiger partial charge on any atom is 0.0480 e. The summed E-state index contributed by atoms with van der Waals surface area (Å²) in [5, 5.41) is 4.83. The first-order valence-corrected chi connectivity index (χ1v) is 7.26. The van der Waals surface area contributed by atoms with Crippen LogP contribution < -0.4 is 5.32 Å². The zero-order valence-corrected chi connectivity index (χ0v) is 12.7. The molecular formula is C18H24N2. The molecular weight excluding hydrogens is 244 g/mol. The summed E-state index contributed by atoms with van der Waals surface area (Å²) in [6.45, 7) is 8.46. The Morgan fingerprint density at radius 1 is 1.25 bits per heavy atom. The van der Waals surface area contributed by atoms with Gasteiger partial charge < -0.3 is 9.88 Å². The molecule has 0 fully saturated rings. The van der Waals surface area contributed by atoms with E-state index >= 15 is 0 Å². The topological polar surface area (TPSA) is 17.0 Å². The molecule has 0 aliphatic carbocycles. The maximum atomic E-state index is 5.30. The second-order valence-electron chi connectivity index (χ2n) is 6.31. The number of benzene rings is 1. The molecule has 1 N–H and O–H groups in total. The van der Waals surface area contributed by atoms with Crippen LogP contribution in [0.3, 0.4) is 0 Å². The number of aryl methyl sites for hydroxylation is 1. The number of hydrogen-bond donors (Lipinski definition) is 1. The minimum absolute atomic E-state index is 0.149. The summed E-state index contributed by atoms with van der Waals surface area (Å²) in [4.78, 5) is 0. The van der Waals surface area contributed by atoms with Crippen LogP contribution in [0.15, 0.2) is 30.5 Å². The Morgan fingerprint density at radius 3 is 2.75 bits per heavy atom. The van der Waals surface area contributed by atoms with Gasteiger partial charge in [-0.15, -0.1) is 12.3 Å². The Morgan fingerprint density at radius 2 is 2.05 bits per heavy atom. The third kappa shape index (κ3) is 3.88. The third-order valence-electron chi connectivity index (χ3n) is 3.38. The van der Waals surface area contributed by atoms with E-state index < -0.39 is 0 Å². The molecule has 0 radical (unpaired) electrons. The van der Waals surface area contributed by atoms with Crippen molar-refractivity contribution in [2.24, 2.45) is 0 Å². The number of nitrogens with zero attached hydrogens (tertiary/aromatic N) is 1. The molecule has 2 aromatic rings. The van der Waals surface area contributed by atoms with Crippen molar-refractivity contribution in [3.05, 3.63) is 36.0 Å². The van der Waals surface area contributed by atoms with Crippen molar-refractivity contribution in [2.75, 3.05) is 0 Å². The predicted molar refractivity (Wildman–Crippen MR) is 86.6 cm³/mol. The van der Waals surface area contributed by atoms with Gasteiger partial charge in [-0.05, 0) is 56.3 Å². The van der Waals surface area contributed by atoms with Crippen molar-refractivity contribution in [3.63, 3.8) is 0 Å². The summed E-state index contributed by atoms with van der Waals surface area (Å²) in [6.07, 6.45) is 9.33. The average Bonchev–Trinajstić information content (AvgIpc) is 2.79.